The van der Waals surface area contributed by atoms with E-state index in [2.05, 4.69) is 12.1 Å². The number of hydrogen-bond donors (Lipinski definition) is 1. The number of hydrogen-bond acceptors (Lipinski definition) is 3. The van der Waals surface area contributed by atoms with Crippen LogP contribution < -0.4 is 15.2 Å². The van der Waals surface area contributed by atoms with Crippen LogP contribution in [0.5, 0.6) is 11.5 Å². The molecule has 0 heterocycles. The van der Waals surface area contributed by atoms with Gasteiger partial charge in [-0.25, -0.2) is 0 Å². The van der Waals surface area contributed by atoms with Crippen LogP contribution in [-0.2, 0) is 6.42 Å². The monoisotopic (exact) mass is 235 g/mol. The fourth-order valence-electron chi connectivity index (χ4n) is 2.10. The predicted molar refractivity (Wildman–Crippen MR) is 68.6 cm³/mol. The first-order chi connectivity index (χ1) is 8.22. The molecular formula is C14H21NO2. The van der Waals surface area contributed by atoms with Crippen molar-refractivity contribution in [2.24, 2.45) is 11.7 Å². The first-order valence-corrected chi connectivity index (χ1v) is 6.20. The van der Waals surface area contributed by atoms with E-state index in [0.717, 1.165) is 30.3 Å². The molecule has 0 radical (unpaired) electrons. The molecule has 0 saturated heterocycles. The highest BCUT2D eigenvalue weighted by atomic mass is 16.5. The summed E-state index contributed by atoms with van der Waals surface area (Å²) in [4.78, 5) is 0. The molecule has 3 nitrogen and oxygen atoms in total. The van der Waals surface area contributed by atoms with E-state index in [1.165, 1.54) is 18.4 Å². The maximum Gasteiger partial charge on any atom is 0.122 e. The molecule has 0 spiro atoms. The third-order valence-electron chi connectivity index (χ3n) is 3.41. The van der Waals surface area contributed by atoms with Gasteiger partial charge in [-0.1, -0.05) is 0 Å². The third-order valence-corrected chi connectivity index (χ3v) is 3.41. The average molecular weight is 235 g/mol. The maximum absolute atomic E-state index is 6.11. The lowest BCUT2D eigenvalue weighted by Gasteiger charge is -2.12. The van der Waals surface area contributed by atoms with Gasteiger partial charge in [0.15, 0.2) is 0 Å². The van der Waals surface area contributed by atoms with Crippen molar-refractivity contribution < 1.29 is 9.47 Å². The molecule has 1 saturated carbocycles. The fraction of sp³-hybridized carbons (Fsp3) is 0.571. The standard InChI is InChI=1S/C14H21NO2/c1-16-12-7-10(8-13(9-12)17-2)3-6-14(15)11-4-5-11/h7-9,11,14H,3-6,15H2,1-2H3. The summed E-state index contributed by atoms with van der Waals surface area (Å²) in [5, 5.41) is 0. The van der Waals surface area contributed by atoms with Gasteiger partial charge in [0, 0.05) is 12.1 Å². The minimum absolute atomic E-state index is 0.354. The molecule has 1 aliphatic carbocycles. The summed E-state index contributed by atoms with van der Waals surface area (Å²) in [7, 11) is 3.35. The number of ether oxygens (including phenoxy) is 2. The zero-order valence-corrected chi connectivity index (χ0v) is 10.6. The summed E-state index contributed by atoms with van der Waals surface area (Å²) in [6.07, 6.45) is 4.65. The van der Waals surface area contributed by atoms with Crippen molar-refractivity contribution in [2.75, 3.05) is 14.2 Å². The largest absolute Gasteiger partial charge is 0.497 e. The molecule has 1 fully saturated rings. The van der Waals surface area contributed by atoms with E-state index in [4.69, 9.17) is 15.2 Å². The first kappa shape index (κ1) is 12.2. The molecular weight excluding hydrogens is 214 g/mol. The van der Waals surface area contributed by atoms with Crippen molar-refractivity contribution in [3.05, 3.63) is 23.8 Å². The van der Waals surface area contributed by atoms with E-state index >= 15 is 0 Å². The van der Waals surface area contributed by atoms with Crippen molar-refractivity contribution >= 4 is 0 Å². The van der Waals surface area contributed by atoms with E-state index < -0.39 is 0 Å². The lowest BCUT2D eigenvalue weighted by atomic mass is 10.0. The van der Waals surface area contributed by atoms with Gasteiger partial charge >= 0.3 is 0 Å². The van der Waals surface area contributed by atoms with Gasteiger partial charge in [0.05, 0.1) is 14.2 Å². The van der Waals surface area contributed by atoms with Crippen molar-refractivity contribution in [2.45, 2.75) is 31.7 Å². The summed E-state index contributed by atoms with van der Waals surface area (Å²) < 4.78 is 10.5. The highest BCUT2D eigenvalue weighted by Gasteiger charge is 2.27. The third kappa shape index (κ3) is 3.37. The van der Waals surface area contributed by atoms with Crippen LogP contribution in [0, 0.1) is 5.92 Å². The molecule has 3 heteroatoms. The molecule has 1 atom stereocenters. The van der Waals surface area contributed by atoms with Crippen LogP contribution in [0.4, 0.5) is 0 Å². The molecule has 1 unspecified atom stereocenters. The summed E-state index contributed by atoms with van der Waals surface area (Å²) in [6, 6.07) is 6.36. The quantitative estimate of drug-likeness (QED) is 0.823. The van der Waals surface area contributed by atoms with E-state index in [-0.39, 0.29) is 0 Å². The second-order valence-electron chi connectivity index (χ2n) is 4.76. The lowest BCUT2D eigenvalue weighted by molar-refractivity contribution is 0.393. The van der Waals surface area contributed by atoms with Crippen LogP contribution in [0.15, 0.2) is 18.2 Å². The Kier molecular flexibility index (Phi) is 3.89. The highest BCUT2D eigenvalue weighted by molar-refractivity contribution is 5.38. The Hall–Kier alpha value is -1.22. The van der Waals surface area contributed by atoms with Crippen molar-refractivity contribution in [3.8, 4) is 11.5 Å². The maximum atomic E-state index is 6.11. The molecule has 2 N–H and O–H groups in total. The second kappa shape index (κ2) is 5.41. The van der Waals surface area contributed by atoms with Crippen LogP contribution >= 0.6 is 0 Å². The van der Waals surface area contributed by atoms with Gasteiger partial charge in [-0.2, -0.15) is 0 Å². The van der Waals surface area contributed by atoms with Crippen LogP contribution in [0.3, 0.4) is 0 Å². The zero-order chi connectivity index (χ0) is 12.3. The topological polar surface area (TPSA) is 44.5 Å². The van der Waals surface area contributed by atoms with Crippen LogP contribution in [0.25, 0.3) is 0 Å². The number of methoxy groups -OCH3 is 2. The molecule has 2 rings (SSSR count). The zero-order valence-electron chi connectivity index (χ0n) is 10.6. The molecule has 17 heavy (non-hydrogen) atoms. The minimum atomic E-state index is 0.354. The minimum Gasteiger partial charge on any atom is -0.497 e. The Labute approximate surface area is 103 Å². The van der Waals surface area contributed by atoms with Crippen LogP contribution in [0.1, 0.15) is 24.8 Å². The second-order valence-corrected chi connectivity index (χ2v) is 4.76. The van der Waals surface area contributed by atoms with Gasteiger partial charge in [-0.15, -0.1) is 0 Å². The average Bonchev–Trinajstić information content (AvgIpc) is 3.19. The Balaban J connectivity index is 1.98. The van der Waals surface area contributed by atoms with E-state index in [1.807, 2.05) is 6.07 Å². The summed E-state index contributed by atoms with van der Waals surface area (Å²) in [5.74, 6) is 2.46. The highest BCUT2D eigenvalue weighted by Crippen LogP contribution is 2.33. The Morgan fingerprint density at radius 3 is 2.24 bits per heavy atom. The Bertz CT molecular complexity index is 352. The number of nitrogens with two attached hydrogens (primary N) is 1. The van der Waals surface area contributed by atoms with Gasteiger partial charge in [0.25, 0.3) is 0 Å². The van der Waals surface area contributed by atoms with Crippen molar-refractivity contribution in [3.63, 3.8) is 0 Å². The Morgan fingerprint density at radius 1 is 1.18 bits per heavy atom. The first-order valence-electron chi connectivity index (χ1n) is 6.20. The molecule has 0 aromatic heterocycles. The van der Waals surface area contributed by atoms with Gasteiger partial charge in [0.1, 0.15) is 11.5 Å². The fourth-order valence-corrected chi connectivity index (χ4v) is 2.10. The lowest BCUT2D eigenvalue weighted by Crippen LogP contribution is -2.22. The van der Waals surface area contributed by atoms with Crippen molar-refractivity contribution in [1.82, 2.24) is 0 Å². The molecule has 1 aromatic carbocycles. The smallest absolute Gasteiger partial charge is 0.122 e. The number of benzene rings is 1. The molecule has 0 aliphatic heterocycles. The van der Waals surface area contributed by atoms with Gasteiger partial charge in [0.2, 0.25) is 0 Å². The van der Waals surface area contributed by atoms with Crippen LogP contribution in [-0.4, -0.2) is 20.3 Å². The summed E-state index contributed by atoms with van der Waals surface area (Å²) in [5.41, 5.74) is 7.34. The van der Waals surface area contributed by atoms with Gasteiger partial charge in [-0.3, -0.25) is 0 Å². The number of rotatable bonds is 6. The SMILES string of the molecule is COc1cc(CCC(N)C2CC2)cc(OC)c1. The molecule has 0 bridgehead atoms. The van der Waals surface area contributed by atoms with Crippen LogP contribution in [0.2, 0.25) is 0 Å². The summed E-state index contributed by atoms with van der Waals surface area (Å²) >= 11 is 0. The summed E-state index contributed by atoms with van der Waals surface area (Å²) in [6.45, 7) is 0. The molecule has 94 valence electrons. The number of aryl methyl sites for hydroxylation is 1. The molecule has 1 aliphatic rings. The van der Waals surface area contributed by atoms with E-state index in [1.54, 1.807) is 14.2 Å². The van der Waals surface area contributed by atoms with Crippen molar-refractivity contribution in [1.29, 1.82) is 0 Å². The van der Waals surface area contributed by atoms with Gasteiger partial charge in [-0.05, 0) is 49.3 Å². The van der Waals surface area contributed by atoms with E-state index in [9.17, 15) is 0 Å². The van der Waals surface area contributed by atoms with E-state index in [0.29, 0.717) is 6.04 Å². The van der Waals surface area contributed by atoms with Gasteiger partial charge < -0.3 is 15.2 Å². The normalized spacial score (nSPS) is 16.6. The predicted octanol–water partition coefficient (Wildman–Crippen LogP) is 2.37. The molecule has 1 aromatic rings. The Morgan fingerprint density at radius 2 is 1.76 bits per heavy atom. The molecule has 0 amide bonds.